The zero-order valence-corrected chi connectivity index (χ0v) is 8.99. The molecule has 3 nitrogen and oxygen atoms in total. The normalized spacial score (nSPS) is 16.3. The van der Waals surface area contributed by atoms with Gasteiger partial charge < -0.3 is 10.3 Å². The second-order valence-electron chi connectivity index (χ2n) is 3.32. The van der Waals surface area contributed by atoms with E-state index in [1.165, 1.54) is 0 Å². The molecule has 13 heavy (non-hydrogen) atoms. The van der Waals surface area contributed by atoms with Crippen LogP contribution in [-0.2, 0) is 11.2 Å². The van der Waals surface area contributed by atoms with Gasteiger partial charge in [-0.2, -0.15) is 0 Å². The molecule has 2 N–H and O–H groups in total. The van der Waals surface area contributed by atoms with E-state index in [0.29, 0.717) is 6.42 Å². The molecule has 2 rings (SSSR count). The molecule has 1 aliphatic heterocycles. The molecule has 1 amide bonds. The zero-order chi connectivity index (χ0) is 9.42. The Morgan fingerprint density at radius 2 is 2.15 bits per heavy atom. The van der Waals surface area contributed by atoms with Crippen LogP contribution < -0.4 is 5.32 Å². The lowest BCUT2D eigenvalue weighted by atomic mass is 10.2. The van der Waals surface area contributed by atoms with E-state index in [4.69, 9.17) is 0 Å². The Bertz CT molecular complexity index is 357. The van der Waals surface area contributed by atoms with E-state index in [1.807, 2.05) is 6.92 Å². The Morgan fingerprint density at radius 1 is 1.38 bits per heavy atom. The van der Waals surface area contributed by atoms with Gasteiger partial charge in [-0.3, -0.25) is 4.79 Å². The van der Waals surface area contributed by atoms with Crippen molar-refractivity contribution in [2.24, 2.45) is 0 Å². The number of hydrogen-bond donors (Lipinski definition) is 2. The van der Waals surface area contributed by atoms with Crippen LogP contribution in [0, 0.1) is 6.92 Å². The number of carbonyl (C=O) groups excluding carboxylic acids is 1. The number of aromatic nitrogens is 1. The fourth-order valence-electron chi connectivity index (χ4n) is 1.61. The Morgan fingerprint density at radius 3 is 2.92 bits per heavy atom. The maximum atomic E-state index is 11.3. The van der Waals surface area contributed by atoms with E-state index in [1.54, 1.807) is 0 Å². The van der Waals surface area contributed by atoms with Gasteiger partial charge in [-0.1, -0.05) is 0 Å². The van der Waals surface area contributed by atoms with Crippen LogP contribution in [0.5, 0.6) is 0 Å². The van der Waals surface area contributed by atoms with Gasteiger partial charge in [-0.15, -0.1) is 0 Å². The van der Waals surface area contributed by atoms with Crippen molar-refractivity contribution in [2.45, 2.75) is 26.2 Å². The van der Waals surface area contributed by atoms with Crippen molar-refractivity contribution in [3.05, 3.63) is 15.9 Å². The van der Waals surface area contributed by atoms with Crippen LogP contribution in [0.25, 0.3) is 0 Å². The number of aryl methyl sites for hydroxylation is 1. The minimum absolute atomic E-state index is 0.119. The largest absolute Gasteiger partial charge is 0.351 e. The summed E-state index contributed by atoms with van der Waals surface area (Å²) in [6, 6.07) is 0. The first-order valence-electron chi connectivity index (χ1n) is 4.35. The quantitative estimate of drug-likeness (QED) is 0.721. The summed E-state index contributed by atoms with van der Waals surface area (Å²) in [5.74, 6) is 0.119. The highest BCUT2D eigenvalue weighted by Gasteiger charge is 2.18. The summed E-state index contributed by atoms with van der Waals surface area (Å²) in [5.41, 5.74) is 3.19. The molecule has 70 valence electrons. The minimum Gasteiger partial charge on any atom is -0.351 e. The van der Waals surface area contributed by atoms with Gasteiger partial charge in [0.25, 0.3) is 0 Å². The number of anilines is 1. The highest BCUT2D eigenvalue weighted by atomic mass is 79.9. The van der Waals surface area contributed by atoms with Crippen molar-refractivity contribution in [1.29, 1.82) is 0 Å². The summed E-state index contributed by atoms with van der Waals surface area (Å²) in [6.07, 6.45) is 2.49. The molecule has 2 heterocycles. The molecule has 0 fully saturated rings. The molecule has 1 aromatic rings. The van der Waals surface area contributed by atoms with Crippen LogP contribution in [0.15, 0.2) is 4.60 Å². The number of rotatable bonds is 0. The van der Waals surface area contributed by atoms with Crippen molar-refractivity contribution in [3.8, 4) is 0 Å². The number of amides is 1. The van der Waals surface area contributed by atoms with Crippen molar-refractivity contribution in [2.75, 3.05) is 5.32 Å². The molecule has 0 spiro atoms. The lowest BCUT2D eigenvalue weighted by molar-refractivity contribution is -0.116. The molecular weight excluding hydrogens is 232 g/mol. The molecule has 0 unspecified atom stereocenters. The second-order valence-corrected chi connectivity index (χ2v) is 4.11. The minimum atomic E-state index is 0.119. The van der Waals surface area contributed by atoms with Crippen LogP contribution >= 0.6 is 15.9 Å². The predicted molar refractivity (Wildman–Crippen MR) is 54.8 cm³/mol. The van der Waals surface area contributed by atoms with Crippen molar-refractivity contribution >= 4 is 27.5 Å². The Labute approximate surface area is 85.0 Å². The maximum Gasteiger partial charge on any atom is 0.224 e. The maximum absolute atomic E-state index is 11.3. The highest BCUT2D eigenvalue weighted by molar-refractivity contribution is 9.10. The standard InChI is InChI=1S/C9H11BrN2O/c1-5-8-6(11-9(5)10)3-2-4-7(13)12-8/h11H,2-4H2,1H3,(H,12,13). The molecule has 1 aromatic heterocycles. The molecule has 0 aromatic carbocycles. The van der Waals surface area contributed by atoms with Crippen LogP contribution in [0.2, 0.25) is 0 Å². The molecule has 0 aliphatic carbocycles. The van der Waals surface area contributed by atoms with Gasteiger partial charge in [0.2, 0.25) is 5.91 Å². The smallest absolute Gasteiger partial charge is 0.224 e. The number of aromatic amines is 1. The monoisotopic (exact) mass is 242 g/mol. The Balaban J connectivity index is 2.45. The lowest BCUT2D eigenvalue weighted by Crippen LogP contribution is -2.09. The number of H-pyrrole nitrogens is 1. The number of fused-ring (bicyclic) bond motifs is 1. The number of hydrogen-bond acceptors (Lipinski definition) is 1. The van der Waals surface area contributed by atoms with Gasteiger partial charge in [-0.25, -0.2) is 0 Å². The first kappa shape index (κ1) is 8.81. The van der Waals surface area contributed by atoms with Crippen LogP contribution in [0.4, 0.5) is 5.69 Å². The topological polar surface area (TPSA) is 44.9 Å². The van der Waals surface area contributed by atoms with Crippen LogP contribution in [-0.4, -0.2) is 10.9 Å². The summed E-state index contributed by atoms with van der Waals surface area (Å²) in [7, 11) is 0. The third kappa shape index (κ3) is 1.50. The summed E-state index contributed by atoms with van der Waals surface area (Å²) in [4.78, 5) is 14.5. The van der Waals surface area contributed by atoms with E-state index in [0.717, 1.165) is 34.4 Å². The van der Waals surface area contributed by atoms with Gasteiger partial charge >= 0.3 is 0 Å². The molecule has 1 aliphatic rings. The predicted octanol–water partition coefficient (Wildman–Crippen LogP) is 2.36. The molecule has 0 saturated heterocycles. The average Bonchev–Trinajstić information content (AvgIpc) is 2.29. The van der Waals surface area contributed by atoms with Crippen LogP contribution in [0.1, 0.15) is 24.1 Å². The first-order chi connectivity index (χ1) is 6.18. The Hall–Kier alpha value is -0.770. The summed E-state index contributed by atoms with van der Waals surface area (Å²) >= 11 is 3.41. The first-order valence-corrected chi connectivity index (χ1v) is 5.14. The fourth-order valence-corrected chi connectivity index (χ4v) is 2.05. The van der Waals surface area contributed by atoms with Gasteiger partial charge in [0.05, 0.1) is 10.3 Å². The van der Waals surface area contributed by atoms with E-state index in [-0.39, 0.29) is 5.91 Å². The number of carbonyl (C=O) groups is 1. The third-order valence-electron chi connectivity index (χ3n) is 2.36. The molecule has 0 saturated carbocycles. The van der Waals surface area contributed by atoms with Crippen molar-refractivity contribution < 1.29 is 4.79 Å². The average molecular weight is 243 g/mol. The van der Waals surface area contributed by atoms with E-state index >= 15 is 0 Å². The molecule has 4 heteroatoms. The molecule has 0 atom stereocenters. The van der Waals surface area contributed by atoms with Gasteiger partial charge in [0.15, 0.2) is 0 Å². The molecular formula is C9H11BrN2O. The lowest BCUT2D eigenvalue weighted by Gasteiger charge is -2.01. The SMILES string of the molecule is Cc1c(Br)[nH]c2c1NC(=O)CCC2. The zero-order valence-electron chi connectivity index (χ0n) is 7.41. The summed E-state index contributed by atoms with van der Waals surface area (Å²) in [5, 5.41) is 2.91. The van der Waals surface area contributed by atoms with Crippen molar-refractivity contribution in [3.63, 3.8) is 0 Å². The Kier molecular flexibility index (Phi) is 2.15. The summed E-state index contributed by atoms with van der Waals surface area (Å²) in [6.45, 7) is 1.99. The van der Waals surface area contributed by atoms with E-state index in [9.17, 15) is 4.79 Å². The number of halogens is 1. The van der Waals surface area contributed by atoms with Crippen molar-refractivity contribution in [1.82, 2.24) is 4.98 Å². The number of nitrogens with one attached hydrogen (secondary N) is 2. The third-order valence-corrected chi connectivity index (χ3v) is 3.15. The molecule has 0 bridgehead atoms. The van der Waals surface area contributed by atoms with Gasteiger partial charge in [0, 0.05) is 17.7 Å². The van der Waals surface area contributed by atoms with Crippen LogP contribution in [0.3, 0.4) is 0 Å². The summed E-state index contributed by atoms with van der Waals surface area (Å²) < 4.78 is 0.972. The van der Waals surface area contributed by atoms with E-state index in [2.05, 4.69) is 26.2 Å². The van der Waals surface area contributed by atoms with E-state index < -0.39 is 0 Å². The van der Waals surface area contributed by atoms with Gasteiger partial charge in [0.1, 0.15) is 0 Å². The van der Waals surface area contributed by atoms with Gasteiger partial charge in [-0.05, 0) is 35.7 Å². The molecule has 0 radical (unpaired) electrons. The fraction of sp³-hybridized carbons (Fsp3) is 0.444. The highest BCUT2D eigenvalue weighted by Crippen LogP contribution is 2.30. The second kappa shape index (κ2) is 3.18.